The Labute approximate surface area is 183 Å². The molecule has 1 aromatic carbocycles. The van der Waals surface area contributed by atoms with Crippen molar-refractivity contribution in [1.82, 2.24) is 14.6 Å². The fourth-order valence-electron chi connectivity index (χ4n) is 4.81. The van der Waals surface area contributed by atoms with Gasteiger partial charge in [-0.25, -0.2) is 4.39 Å². The molecular weight excluding hydrogens is 432 g/mol. The molecule has 1 N–H and O–H groups in total. The predicted octanol–water partition coefficient (Wildman–Crippen LogP) is 3.87. The Hall–Kier alpha value is -1.81. The fourth-order valence-corrected chi connectivity index (χ4v) is 5.43. The zero-order chi connectivity index (χ0) is 22.2. The van der Waals surface area contributed by atoms with Crippen molar-refractivity contribution in [3.63, 3.8) is 0 Å². The Kier molecular flexibility index (Phi) is 6.48. The molecule has 10 heteroatoms. The van der Waals surface area contributed by atoms with Crippen molar-refractivity contribution in [3.05, 3.63) is 35.1 Å². The Bertz CT molecular complexity index is 854. The van der Waals surface area contributed by atoms with E-state index < -0.39 is 17.6 Å². The van der Waals surface area contributed by atoms with Crippen LogP contribution in [0.15, 0.2) is 23.3 Å². The molecule has 3 heterocycles. The zero-order valence-corrected chi connectivity index (χ0v) is 18.1. The number of fused-ring (bicyclic) bond motifs is 2. The lowest BCUT2D eigenvalue weighted by Gasteiger charge is -2.35. The minimum Gasteiger partial charge on any atom is -0.337 e. The summed E-state index contributed by atoms with van der Waals surface area (Å²) in [4.78, 5) is 14.9. The van der Waals surface area contributed by atoms with Gasteiger partial charge in [0.25, 0.3) is 5.91 Å². The quantitative estimate of drug-likeness (QED) is 0.552. The molecule has 4 rings (SSSR count). The first-order chi connectivity index (χ1) is 14.8. The van der Waals surface area contributed by atoms with Crippen molar-refractivity contribution >= 4 is 23.6 Å². The molecule has 170 valence electrons. The fraction of sp³-hybridized carbons (Fsp3) is 0.619. The second-order valence-electron chi connectivity index (χ2n) is 8.41. The Morgan fingerprint density at radius 3 is 2.58 bits per heavy atom. The summed E-state index contributed by atoms with van der Waals surface area (Å²) in [6.07, 6.45) is 0.0785. The van der Waals surface area contributed by atoms with Gasteiger partial charge in [-0.05, 0) is 55.6 Å². The van der Waals surface area contributed by atoms with Gasteiger partial charge in [0.2, 0.25) is 0 Å². The molecule has 2 atom stereocenters. The molecule has 3 aliphatic rings. The lowest BCUT2D eigenvalue weighted by molar-refractivity contribution is -0.139. The Morgan fingerprint density at radius 1 is 1.16 bits per heavy atom. The summed E-state index contributed by atoms with van der Waals surface area (Å²) >= 11 is 1.67. The molecule has 0 aliphatic carbocycles. The Balaban J connectivity index is 1.44. The third kappa shape index (κ3) is 4.84. The maximum Gasteiger partial charge on any atom is 0.416 e. The van der Waals surface area contributed by atoms with Gasteiger partial charge in [-0.2, -0.15) is 18.3 Å². The molecule has 0 saturated carbocycles. The number of hydrogen-bond donors (Lipinski definition) is 1. The van der Waals surface area contributed by atoms with Gasteiger partial charge in [-0.1, -0.05) is 18.0 Å². The molecule has 2 unspecified atom stereocenters. The summed E-state index contributed by atoms with van der Waals surface area (Å²) < 4.78 is 55.8. The van der Waals surface area contributed by atoms with Crippen LogP contribution in [-0.4, -0.2) is 59.3 Å². The van der Waals surface area contributed by atoms with Gasteiger partial charge in [0.1, 0.15) is 11.5 Å². The van der Waals surface area contributed by atoms with Crippen molar-refractivity contribution in [2.24, 2.45) is 11.0 Å². The first-order valence-electron chi connectivity index (χ1n) is 10.5. The van der Waals surface area contributed by atoms with E-state index in [0.29, 0.717) is 37.7 Å². The van der Waals surface area contributed by atoms with E-state index in [2.05, 4.69) is 14.8 Å². The van der Waals surface area contributed by atoms with Gasteiger partial charge >= 0.3 is 6.18 Å². The van der Waals surface area contributed by atoms with Crippen LogP contribution in [0.4, 0.5) is 17.6 Å². The van der Waals surface area contributed by atoms with Crippen LogP contribution in [0.25, 0.3) is 0 Å². The lowest BCUT2D eigenvalue weighted by atomic mass is 9.85. The van der Waals surface area contributed by atoms with Crippen LogP contribution in [-0.2, 0) is 11.0 Å². The van der Waals surface area contributed by atoms with Gasteiger partial charge in [-0.15, -0.1) is 0 Å². The summed E-state index contributed by atoms with van der Waals surface area (Å²) in [7, 11) is 0. The van der Waals surface area contributed by atoms with E-state index >= 15 is 0 Å². The largest absolute Gasteiger partial charge is 0.416 e. The predicted molar refractivity (Wildman–Crippen MR) is 112 cm³/mol. The normalized spacial score (nSPS) is 25.6. The highest BCUT2D eigenvalue weighted by Crippen LogP contribution is 2.39. The number of carbonyl (C=O) groups excluding carboxylic acids is 1. The summed E-state index contributed by atoms with van der Waals surface area (Å²) in [6, 6.07) is 3.14. The van der Waals surface area contributed by atoms with E-state index in [-0.39, 0.29) is 29.3 Å². The van der Waals surface area contributed by atoms with Crippen molar-refractivity contribution < 1.29 is 22.4 Å². The zero-order valence-electron chi connectivity index (χ0n) is 17.3. The second kappa shape index (κ2) is 8.97. The summed E-state index contributed by atoms with van der Waals surface area (Å²) in [6.45, 7) is 2.43. The van der Waals surface area contributed by atoms with Crippen molar-refractivity contribution in [2.45, 2.75) is 43.8 Å². The number of likely N-dealkylation sites (tertiary alicyclic amines) is 1. The van der Waals surface area contributed by atoms with Gasteiger partial charge in [0.05, 0.1) is 5.56 Å². The van der Waals surface area contributed by atoms with Crippen molar-refractivity contribution in [2.75, 3.05) is 32.4 Å². The number of benzene rings is 1. The number of piperidine rings is 1. The van der Waals surface area contributed by atoms with Crippen LogP contribution in [0, 0.1) is 11.7 Å². The van der Waals surface area contributed by atoms with Crippen molar-refractivity contribution in [3.8, 4) is 0 Å². The number of hydrogen-bond acceptors (Lipinski definition) is 5. The van der Waals surface area contributed by atoms with E-state index in [1.54, 1.807) is 16.8 Å². The van der Waals surface area contributed by atoms with Gasteiger partial charge in [0.15, 0.2) is 0 Å². The number of alkyl halides is 3. The minimum absolute atomic E-state index is 0.0559. The molecule has 2 bridgehead atoms. The Morgan fingerprint density at radius 2 is 1.90 bits per heavy atom. The van der Waals surface area contributed by atoms with E-state index in [1.165, 1.54) is 6.07 Å². The number of nitrogens with zero attached hydrogens (tertiary/aromatic N) is 3. The highest BCUT2D eigenvalue weighted by molar-refractivity contribution is 7.96. The third-order valence-electron chi connectivity index (χ3n) is 6.49. The highest BCUT2D eigenvalue weighted by Gasteiger charge is 2.39. The monoisotopic (exact) mass is 458 g/mol. The van der Waals surface area contributed by atoms with Gasteiger partial charge in [-0.3, -0.25) is 9.10 Å². The number of nitrogens with one attached hydrogen (secondary N) is 1. The molecule has 31 heavy (non-hydrogen) atoms. The number of rotatable bonds is 3. The molecule has 1 aromatic rings. The number of halogens is 4. The lowest BCUT2D eigenvalue weighted by Crippen LogP contribution is -2.48. The SMILES string of the molecule is CSN1CCC2CC(C1)C(C(=O)N1CCC(c3ccc(F)cc3C(F)(F)F)CC1)=NN2. The number of amides is 1. The smallest absolute Gasteiger partial charge is 0.337 e. The van der Waals surface area contributed by atoms with Crippen LogP contribution in [0.3, 0.4) is 0 Å². The highest BCUT2D eigenvalue weighted by atomic mass is 32.2. The summed E-state index contributed by atoms with van der Waals surface area (Å²) in [5, 5.41) is 4.40. The van der Waals surface area contributed by atoms with Crippen LogP contribution >= 0.6 is 11.9 Å². The van der Waals surface area contributed by atoms with Gasteiger partial charge < -0.3 is 10.3 Å². The number of hydrazone groups is 1. The maximum absolute atomic E-state index is 13.4. The molecule has 1 amide bonds. The van der Waals surface area contributed by atoms with E-state index in [9.17, 15) is 22.4 Å². The second-order valence-corrected chi connectivity index (χ2v) is 9.29. The topological polar surface area (TPSA) is 47.9 Å². The summed E-state index contributed by atoms with van der Waals surface area (Å²) in [5.41, 5.74) is 2.83. The molecule has 2 saturated heterocycles. The van der Waals surface area contributed by atoms with Crippen molar-refractivity contribution in [1.29, 1.82) is 0 Å². The van der Waals surface area contributed by atoms with E-state index in [0.717, 1.165) is 32.0 Å². The van der Waals surface area contributed by atoms with E-state index in [4.69, 9.17) is 0 Å². The average molecular weight is 459 g/mol. The van der Waals surface area contributed by atoms with Crippen LogP contribution in [0.5, 0.6) is 0 Å². The van der Waals surface area contributed by atoms with Crippen LogP contribution < -0.4 is 5.43 Å². The maximum atomic E-state index is 13.4. The first-order valence-corrected chi connectivity index (χ1v) is 11.7. The van der Waals surface area contributed by atoms with Crippen LogP contribution in [0.1, 0.15) is 42.7 Å². The van der Waals surface area contributed by atoms with E-state index in [1.807, 2.05) is 6.26 Å². The molecule has 5 nitrogen and oxygen atoms in total. The molecule has 0 spiro atoms. The first kappa shape index (κ1) is 22.4. The standard InChI is InChI=1S/C21H26F4N4OS/c1-31-29-9-6-16-10-14(12-29)19(27-26-16)20(30)28-7-4-13(5-8-28)17-3-2-15(22)11-18(17)21(23,24)25/h2-3,11,13-14,16,26H,4-10,12H2,1H3. The van der Waals surface area contributed by atoms with Crippen LogP contribution in [0.2, 0.25) is 0 Å². The molecule has 0 aromatic heterocycles. The average Bonchev–Trinajstić information content (AvgIpc) is 2.91. The number of carbonyl (C=O) groups is 1. The molecule has 2 fully saturated rings. The molecule has 3 aliphatic heterocycles. The minimum atomic E-state index is -4.61. The third-order valence-corrected chi connectivity index (χ3v) is 7.34. The molecular formula is C21H26F4N4OS. The van der Waals surface area contributed by atoms with Gasteiger partial charge in [0, 0.05) is 38.1 Å². The molecule has 0 radical (unpaired) electrons. The summed E-state index contributed by atoms with van der Waals surface area (Å²) in [5.74, 6) is -1.33.